The van der Waals surface area contributed by atoms with E-state index in [-0.39, 0.29) is 30.4 Å². The summed E-state index contributed by atoms with van der Waals surface area (Å²) in [6.45, 7) is 1.19. The number of rotatable bonds is 2. The highest BCUT2D eigenvalue weighted by Gasteiger charge is 2.36. The lowest BCUT2D eigenvalue weighted by molar-refractivity contribution is -0.150. The standard InChI is InChI=1S/C12H19N3O3/c1-14-11(16)10-7-18-5-4-15(10)12(17)8-2-3-9(13)6-8/h2-3,8-10H,4-7,13H2,1H3,(H,14,16). The summed E-state index contributed by atoms with van der Waals surface area (Å²) in [6.07, 6.45) is 4.30. The van der Waals surface area contributed by atoms with Crippen LogP contribution < -0.4 is 11.1 Å². The molecule has 1 aliphatic carbocycles. The van der Waals surface area contributed by atoms with E-state index in [1.165, 1.54) is 0 Å². The molecule has 0 aromatic rings. The molecule has 1 fully saturated rings. The number of amides is 2. The number of nitrogens with two attached hydrogens (primary N) is 1. The number of likely N-dealkylation sites (N-methyl/N-ethyl adjacent to an activating group) is 1. The minimum Gasteiger partial charge on any atom is -0.377 e. The lowest BCUT2D eigenvalue weighted by atomic mass is 10.0. The largest absolute Gasteiger partial charge is 0.377 e. The van der Waals surface area contributed by atoms with Crippen molar-refractivity contribution >= 4 is 11.8 Å². The van der Waals surface area contributed by atoms with Gasteiger partial charge in [0.05, 0.1) is 19.1 Å². The van der Waals surface area contributed by atoms with E-state index in [0.29, 0.717) is 19.6 Å². The van der Waals surface area contributed by atoms with Gasteiger partial charge in [-0.2, -0.15) is 0 Å². The highest BCUT2D eigenvalue weighted by molar-refractivity contribution is 5.89. The molecule has 18 heavy (non-hydrogen) atoms. The van der Waals surface area contributed by atoms with Crippen molar-refractivity contribution in [3.8, 4) is 0 Å². The second kappa shape index (κ2) is 5.49. The van der Waals surface area contributed by atoms with Gasteiger partial charge in [0.2, 0.25) is 11.8 Å². The fourth-order valence-corrected chi connectivity index (χ4v) is 2.37. The summed E-state index contributed by atoms with van der Waals surface area (Å²) in [4.78, 5) is 25.7. The zero-order chi connectivity index (χ0) is 13.1. The number of carbonyl (C=O) groups is 2. The van der Waals surface area contributed by atoms with Gasteiger partial charge in [-0.3, -0.25) is 9.59 Å². The first kappa shape index (κ1) is 13.0. The fourth-order valence-electron chi connectivity index (χ4n) is 2.37. The van der Waals surface area contributed by atoms with Crippen LogP contribution >= 0.6 is 0 Å². The average Bonchev–Trinajstić information content (AvgIpc) is 2.83. The van der Waals surface area contributed by atoms with Crippen molar-refractivity contribution in [3.63, 3.8) is 0 Å². The van der Waals surface area contributed by atoms with Crippen LogP contribution in [0.5, 0.6) is 0 Å². The third kappa shape index (κ3) is 2.54. The Hall–Kier alpha value is -1.40. The van der Waals surface area contributed by atoms with Crippen molar-refractivity contribution in [2.75, 3.05) is 26.8 Å². The molecule has 2 rings (SSSR count). The van der Waals surface area contributed by atoms with Gasteiger partial charge < -0.3 is 20.7 Å². The van der Waals surface area contributed by atoms with Gasteiger partial charge >= 0.3 is 0 Å². The summed E-state index contributed by atoms with van der Waals surface area (Å²) in [7, 11) is 1.56. The Morgan fingerprint density at radius 1 is 1.44 bits per heavy atom. The Bertz CT molecular complexity index is 370. The summed E-state index contributed by atoms with van der Waals surface area (Å²) >= 11 is 0. The smallest absolute Gasteiger partial charge is 0.244 e. The van der Waals surface area contributed by atoms with Crippen molar-refractivity contribution in [1.29, 1.82) is 0 Å². The molecular formula is C12H19N3O3. The van der Waals surface area contributed by atoms with Crippen molar-refractivity contribution in [3.05, 3.63) is 12.2 Å². The van der Waals surface area contributed by atoms with Gasteiger partial charge in [0, 0.05) is 19.6 Å². The topological polar surface area (TPSA) is 84.7 Å². The molecule has 6 nitrogen and oxygen atoms in total. The van der Waals surface area contributed by atoms with E-state index in [4.69, 9.17) is 10.5 Å². The molecule has 1 aliphatic heterocycles. The molecule has 6 heteroatoms. The Morgan fingerprint density at radius 2 is 2.22 bits per heavy atom. The van der Waals surface area contributed by atoms with Gasteiger partial charge in [-0.05, 0) is 6.42 Å². The molecule has 1 saturated heterocycles. The molecule has 3 atom stereocenters. The third-order valence-corrected chi connectivity index (χ3v) is 3.39. The highest BCUT2D eigenvalue weighted by Crippen LogP contribution is 2.21. The van der Waals surface area contributed by atoms with E-state index in [0.717, 1.165) is 0 Å². The molecule has 0 radical (unpaired) electrons. The Balaban J connectivity index is 2.06. The van der Waals surface area contributed by atoms with Crippen molar-refractivity contribution in [2.45, 2.75) is 18.5 Å². The molecule has 2 amide bonds. The third-order valence-electron chi connectivity index (χ3n) is 3.39. The number of nitrogens with zero attached hydrogens (tertiary/aromatic N) is 1. The average molecular weight is 253 g/mol. The fraction of sp³-hybridized carbons (Fsp3) is 0.667. The predicted octanol–water partition coefficient (Wildman–Crippen LogP) is -1.14. The molecule has 0 aromatic heterocycles. The Morgan fingerprint density at radius 3 is 2.83 bits per heavy atom. The van der Waals surface area contributed by atoms with Crippen molar-refractivity contribution < 1.29 is 14.3 Å². The second-order valence-corrected chi connectivity index (χ2v) is 4.63. The maximum absolute atomic E-state index is 12.4. The van der Waals surface area contributed by atoms with Gasteiger partial charge in [-0.1, -0.05) is 12.2 Å². The van der Waals surface area contributed by atoms with Crippen LogP contribution in [-0.2, 0) is 14.3 Å². The van der Waals surface area contributed by atoms with Crippen molar-refractivity contribution in [1.82, 2.24) is 10.2 Å². The first-order valence-corrected chi connectivity index (χ1v) is 6.17. The number of carbonyl (C=O) groups excluding carboxylic acids is 2. The SMILES string of the molecule is CNC(=O)C1COCCN1C(=O)C1C=CC(N)C1. The van der Waals surface area contributed by atoms with Gasteiger partial charge in [0.25, 0.3) is 0 Å². The molecule has 0 saturated carbocycles. The van der Waals surface area contributed by atoms with Crippen LogP contribution in [0.15, 0.2) is 12.2 Å². The molecule has 3 unspecified atom stereocenters. The van der Waals surface area contributed by atoms with Gasteiger partial charge in [-0.15, -0.1) is 0 Å². The quantitative estimate of drug-likeness (QED) is 0.609. The minimum absolute atomic E-state index is 0.0314. The molecule has 2 aliphatic rings. The van der Waals surface area contributed by atoms with Gasteiger partial charge in [-0.25, -0.2) is 0 Å². The molecule has 3 N–H and O–H groups in total. The maximum Gasteiger partial charge on any atom is 0.244 e. The van der Waals surface area contributed by atoms with Gasteiger partial charge in [0.1, 0.15) is 6.04 Å². The summed E-state index contributed by atoms with van der Waals surface area (Å²) in [5.41, 5.74) is 5.75. The molecule has 1 heterocycles. The zero-order valence-electron chi connectivity index (χ0n) is 10.5. The van der Waals surface area contributed by atoms with E-state index in [1.54, 1.807) is 11.9 Å². The first-order chi connectivity index (χ1) is 8.63. The summed E-state index contributed by atoms with van der Waals surface area (Å²) in [5, 5.41) is 2.56. The summed E-state index contributed by atoms with van der Waals surface area (Å²) in [6, 6.07) is -0.583. The monoisotopic (exact) mass is 253 g/mol. The second-order valence-electron chi connectivity index (χ2n) is 4.63. The summed E-state index contributed by atoms with van der Waals surface area (Å²) in [5.74, 6) is -0.421. The van der Waals surface area contributed by atoms with Crippen LogP contribution in [0.1, 0.15) is 6.42 Å². The molecule has 100 valence electrons. The van der Waals surface area contributed by atoms with E-state index < -0.39 is 6.04 Å². The highest BCUT2D eigenvalue weighted by atomic mass is 16.5. The van der Waals surface area contributed by atoms with E-state index in [1.807, 2.05) is 12.2 Å². The molecule has 0 aromatic carbocycles. The van der Waals surface area contributed by atoms with Crippen LogP contribution in [0.25, 0.3) is 0 Å². The number of hydrogen-bond donors (Lipinski definition) is 2. The normalized spacial score (nSPS) is 31.4. The van der Waals surface area contributed by atoms with E-state index >= 15 is 0 Å². The Kier molecular flexibility index (Phi) is 3.98. The first-order valence-electron chi connectivity index (χ1n) is 6.17. The lowest BCUT2D eigenvalue weighted by Gasteiger charge is -2.35. The minimum atomic E-state index is -0.526. The predicted molar refractivity (Wildman–Crippen MR) is 65.6 cm³/mol. The van der Waals surface area contributed by atoms with E-state index in [9.17, 15) is 9.59 Å². The number of ether oxygens (including phenoxy) is 1. The lowest BCUT2D eigenvalue weighted by Crippen LogP contribution is -2.56. The van der Waals surface area contributed by atoms with Crippen LogP contribution in [0.3, 0.4) is 0 Å². The maximum atomic E-state index is 12.4. The van der Waals surface area contributed by atoms with E-state index in [2.05, 4.69) is 5.32 Å². The summed E-state index contributed by atoms with van der Waals surface area (Å²) < 4.78 is 5.27. The van der Waals surface area contributed by atoms with Crippen LogP contribution in [0.4, 0.5) is 0 Å². The number of hydrogen-bond acceptors (Lipinski definition) is 4. The molecule has 0 bridgehead atoms. The van der Waals surface area contributed by atoms with Crippen LogP contribution in [-0.4, -0.2) is 55.6 Å². The molecular weight excluding hydrogens is 234 g/mol. The van der Waals surface area contributed by atoms with Crippen LogP contribution in [0.2, 0.25) is 0 Å². The number of nitrogens with one attached hydrogen (secondary N) is 1. The number of morpholine rings is 1. The Labute approximate surface area is 106 Å². The van der Waals surface area contributed by atoms with Gasteiger partial charge in [0.15, 0.2) is 0 Å². The molecule has 0 spiro atoms. The van der Waals surface area contributed by atoms with Crippen LogP contribution in [0, 0.1) is 5.92 Å². The van der Waals surface area contributed by atoms with Crippen molar-refractivity contribution in [2.24, 2.45) is 11.7 Å². The zero-order valence-corrected chi connectivity index (χ0v) is 10.5.